The van der Waals surface area contributed by atoms with Crippen molar-refractivity contribution in [3.8, 4) is 5.75 Å². The van der Waals surface area contributed by atoms with Crippen LogP contribution in [0.5, 0.6) is 5.75 Å². The highest BCUT2D eigenvalue weighted by Gasteiger charge is 2.30. The number of carbonyl (C=O) groups is 1. The Hall–Kier alpha value is -2.33. The minimum Gasteiger partial charge on any atom is -0.506 e. The standard InChI is InChI=1S/C17H20N2O2/c1-3-12-9-10-15(20)14(11-12)19-16(21)17(2,18)13-7-5-4-6-8-13/h4-11,20H,3,18H2,1-2H3,(H,19,21). The maximum Gasteiger partial charge on any atom is 0.248 e. The van der Waals surface area contributed by atoms with E-state index in [2.05, 4.69) is 5.32 Å². The van der Waals surface area contributed by atoms with E-state index in [1.165, 1.54) is 0 Å². The number of amides is 1. The average Bonchev–Trinajstić information content (AvgIpc) is 2.50. The highest BCUT2D eigenvalue weighted by atomic mass is 16.3. The number of hydrogen-bond donors (Lipinski definition) is 3. The van der Waals surface area contributed by atoms with E-state index in [-0.39, 0.29) is 11.7 Å². The Morgan fingerprint density at radius 3 is 2.52 bits per heavy atom. The summed E-state index contributed by atoms with van der Waals surface area (Å²) in [6, 6.07) is 14.3. The topological polar surface area (TPSA) is 75.3 Å². The molecule has 0 aromatic heterocycles. The molecule has 0 radical (unpaired) electrons. The van der Waals surface area contributed by atoms with E-state index in [4.69, 9.17) is 5.73 Å². The third-order valence-electron chi connectivity index (χ3n) is 3.56. The van der Waals surface area contributed by atoms with Gasteiger partial charge in [-0.05, 0) is 36.6 Å². The van der Waals surface area contributed by atoms with Crippen molar-refractivity contribution in [3.63, 3.8) is 0 Å². The molecule has 1 amide bonds. The molecule has 110 valence electrons. The van der Waals surface area contributed by atoms with E-state index >= 15 is 0 Å². The number of benzene rings is 2. The van der Waals surface area contributed by atoms with E-state index in [9.17, 15) is 9.90 Å². The molecule has 0 bridgehead atoms. The Balaban J connectivity index is 2.25. The molecular weight excluding hydrogens is 264 g/mol. The first-order chi connectivity index (χ1) is 9.95. The molecule has 4 N–H and O–H groups in total. The van der Waals surface area contributed by atoms with E-state index in [0.717, 1.165) is 12.0 Å². The van der Waals surface area contributed by atoms with Gasteiger partial charge in [-0.25, -0.2) is 0 Å². The van der Waals surface area contributed by atoms with Crippen LogP contribution in [0.2, 0.25) is 0 Å². The number of anilines is 1. The molecule has 0 saturated carbocycles. The minimum atomic E-state index is -1.17. The van der Waals surface area contributed by atoms with Crippen molar-refractivity contribution in [3.05, 3.63) is 59.7 Å². The van der Waals surface area contributed by atoms with Gasteiger partial charge >= 0.3 is 0 Å². The predicted octanol–water partition coefficient (Wildman–Crippen LogP) is 2.77. The lowest BCUT2D eigenvalue weighted by molar-refractivity contribution is -0.120. The first-order valence-corrected chi connectivity index (χ1v) is 6.93. The van der Waals surface area contributed by atoms with Gasteiger partial charge in [-0.15, -0.1) is 0 Å². The van der Waals surface area contributed by atoms with Crippen molar-refractivity contribution in [2.45, 2.75) is 25.8 Å². The number of nitrogens with one attached hydrogen (secondary N) is 1. The largest absolute Gasteiger partial charge is 0.506 e. The Labute approximate surface area is 124 Å². The molecule has 0 aliphatic rings. The second-order valence-corrected chi connectivity index (χ2v) is 5.23. The van der Waals surface area contributed by atoms with Crippen LogP contribution in [0.1, 0.15) is 25.0 Å². The van der Waals surface area contributed by atoms with E-state index in [0.29, 0.717) is 11.3 Å². The molecule has 2 aromatic rings. The summed E-state index contributed by atoms with van der Waals surface area (Å²) >= 11 is 0. The van der Waals surface area contributed by atoms with Gasteiger partial charge in [-0.2, -0.15) is 0 Å². The number of rotatable bonds is 4. The van der Waals surface area contributed by atoms with Gasteiger partial charge in [-0.3, -0.25) is 4.79 Å². The van der Waals surface area contributed by atoms with Crippen LogP contribution in [-0.4, -0.2) is 11.0 Å². The summed E-state index contributed by atoms with van der Waals surface area (Å²) in [5.41, 5.74) is 7.11. The van der Waals surface area contributed by atoms with Gasteiger partial charge in [-0.1, -0.05) is 43.3 Å². The SMILES string of the molecule is CCc1ccc(O)c(NC(=O)C(C)(N)c2ccccc2)c1. The summed E-state index contributed by atoms with van der Waals surface area (Å²) in [6.45, 7) is 3.66. The van der Waals surface area contributed by atoms with Gasteiger partial charge in [0.05, 0.1) is 5.69 Å². The Morgan fingerprint density at radius 1 is 1.24 bits per heavy atom. The second kappa shape index (κ2) is 5.97. The molecule has 0 heterocycles. The quantitative estimate of drug-likeness (QED) is 0.756. The van der Waals surface area contributed by atoms with Gasteiger partial charge in [0.2, 0.25) is 5.91 Å². The number of aromatic hydroxyl groups is 1. The first kappa shape index (κ1) is 15.1. The number of aryl methyl sites for hydroxylation is 1. The zero-order valence-corrected chi connectivity index (χ0v) is 12.3. The predicted molar refractivity (Wildman–Crippen MR) is 84.1 cm³/mol. The molecule has 0 aliphatic carbocycles. The molecule has 0 aliphatic heterocycles. The molecule has 0 fully saturated rings. The van der Waals surface area contributed by atoms with Crippen LogP contribution in [0.25, 0.3) is 0 Å². The summed E-state index contributed by atoms with van der Waals surface area (Å²) in [5, 5.41) is 12.6. The van der Waals surface area contributed by atoms with E-state index in [1.54, 1.807) is 19.1 Å². The fraction of sp³-hybridized carbons (Fsp3) is 0.235. The fourth-order valence-electron chi connectivity index (χ4n) is 2.07. The fourth-order valence-corrected chi connectivity index (χ4v) is 2.07. The van der Waals surface area contributed by atoms with Crippen LogP contribution in [0.3, 0.4) is 0 Å². The highest BCUT2D eigenvalue weighted by molar-refractivity contribution is 5.99. The zero-order chi connectivity index (χ0) is 15.5. The number of nitrogens with two attached hydrogens (primary N) is 1. The van der Waals surface area contributed by atoms with Crippen molar-refractivity contribution < 1.29 is 9.90 Å². The van der Waals surface area contributed by atoms with Gasteiger partial charge in [0.1, 0.15) is 11.3 Å². The van der Waals surface area contributed by atoms with Crippen LogP contribution in [0.4, 0.5) is 5.69 Å². The molecule has 4 heteroatoms. The molecule has 1 atom stereocenters. The first-order valence-electron chi connectivity index (χ1n) is 6.93. The molecule has 2 aromatic carbocycles. The highest BCUT2D eigenvalue weighted by Crippen LogP contribution is 2.27. The number of phenols is 1. The molecule has 0 spiro atoms. The lowest BCUT2D eigenvalue weighted by Gasteiger charge is -2.24. The van der Waals surface area contributed by atoms with E-state index in [1.807, 2.05) is 43.3 Å². The summed E-state index contributed by atoms with van der Waals surface area (Å²) in [4.78, 5) is 12.4. The Morgan fingerprint density at radius 2 is 1.90 bits per heavy atom. The number of phenolic OH excluding ortho intramolecular Hbond substituents is 1. The van der Waals surface area contributed by atoms with Crippen LogP contribution >= 0.6 is 0 Å². The summed E-state index contributed by atoms with van der Waals surface area (Å²) in [6.07, 6.45) is 0.821. The lowest BCUT2D eigenvalue weighted by Crippen LogP contribution is -2.45. The molecule has 4 nitrogen and oxygen atoms in total. The van der Waals surface area contributed by atoms with Crippen molar-refractivity contribution in [1.29, 1.82) is 0 Å². The lowest BCUT2D eigenvalue weighted by atomic mass is 9.92. The van der Waals surface area contributed by atoms with Crippen molar-refractivity contribution in [1.82, 2.24) is 0 Å². The van der Waals surface area contributed by atoms with Gasteiger partial charge in [0, 0.05) is 0 Å². The van der Waals surface area contributed by atoms with E-state index < -0.39 is 5.54 Å². The molecule has 21 heavy (non-hydrogen) atoms. The smallest absolute Gasteiger partial charge is 0.248 e. The van der Waals surface area contributed by atoms with Gasteiger partial charge in [0.15, 0.2) is 0 Å². The van der Waals surface area contributed by atoms with Gasteiger partial charge < -0.3 is 16.2 Å². The third-order valence-corrected chi connectivity index (χ3v) is 3.56. The second-order valence-electron chi connectivity index (χ2n) is 5.23. The van der Waals surface area contributed by atoms with Crippen LogP contribution in [0.15, 0.2) is 48.5 Å². The zero-order valence-electron chi connectivity index (χ0n) is 12.3. The van der Waals surface area contributed by atoms with Crippen LogP contribution in [-0.2, 0) is 16.8 Å². The van der Waals surface area contributed by atoms with Crippen molar-refractivity contribution in [2.24, 2.45) is 5.73 Å². The van der Waals surface area contributed by atoms with Crippen LogP contribution in [0, 0.1) is 0 Å². The average molecular weight is 284 g/mol. The maximum atomic E-state index is 12.4. The van der Waals surface area contributed by atoms with Crippen molar-refractivity contribution in [2.75, 3.05) is 5.32 Å². The maximum absolute atomic E-state index is 12.4. The molecule has 2 rings (SSSR count). The number of carbonyl (C=O) groups excluding carboxylic acids is 1. The Kier molecular flexibility index (Phi) is 4.29. The normalized spacial score (nSPS) is 13.5. The summed E-state index contributed by atoms with van der Waals surface area (Å²) in [5.74, 6) is -0.332. The minimum absolute atomic E-state index is 0.0319. The molecule has 1 unspecified atom stereocenters. The molecule has 0 saturated heterocycles. The Bertz CT molecular complexity index is 636. The van der Waals surface area contributed by atoms with Gasteiger partial charge in [0.25, 0.3) is 0 Å². The third kappa shape index (κ3) is 3.23. The van der Waals surface area contributed by atoms with Crippen LogP contribution < -0.4 is 11.1 Å². The summed E-state index contributed by atoms with van der Waals surface area (Å²) in [7, 11) is 0. The molecular formula is C17H20N2O2. The van der Waals surface area contributed by atoms with Crippen molar-refractivity contribution >= 4 is 11.6 Å². The summed E-state index contributed by atoms with van der Waals surface area (Å²) < 4.78 is 0. The monoisotopic (exact) mass is 284 g/mol. The number of hydrogen-bond acceptors (Lipinski definition) is 3.